The van der Waals surface area contributed by atoms with E-state index in [0.29, 0.717) is 17.9 Å². The summed E-state index contributed by atoms with van der Waals surface area (Å²) in [6.07, 6.45) is 3.12. The Morgan fingerprint density at radius 1 is 1.30 bits per heavy atom. The number of methoxy groups -OCH3 is 1. The first-order valence-corrected chi connectivity index (χ1v) is 10.2. The van der Waals surface area contributed by atoms with Gasteiger partial charge in [0.1, 0.15) is 11.6 Å². The summed E-state index contributed by atoms with van der Waals surface area (Å²) in [4.78, 5) is 12.0. The monoisotopic (exact) mass is 408 g/mol. The number of hydrogen-bond donors (Lipinski definition) is 0. The van der Waals surface area contributed by atoms with Gasteiger partial charge < -0.3 is 9.47 Å². The Bertz CT molecular complexity index is 1030. The highest BCUT2D eigenvalue weighted by Gasteiger charge is 2.43. The number of hydrazone groups is 1. The van der Waals surface area contributed by atoms with Crippen molar-refractivity contribution in [3.05, 3.63) is 76.7 Å². The maximum Gasteiger partial charge on any atom is 0.332 e. The largest absolute Gasteiger partial charge is 0.497 e. The Morgan fingerprint density at radius 3 is 2.83 bits per heavy atom. The second kappa shape index (κ2) is 8.30. The van der Waals surface area contributed by atoms with E-state index in [4.69, 9.17) is 14.6 Å². The lowest BCUT2D eigenvalue weighted by atomic mass is 9.77. The van der Waals surface area contributed by atoms with Crippen molar-refractivity contribution < 1.29 is 18.7 Å². The molecule has 1 aliphatic carbocycles. The normalized spacial score (nSPS) is 20.3. The quantitative estimate of drug-likeness (QED) is 0.535. The molecular weight excluding hydrogens is 383 g/mol. The molecular formula is C24H25FN2O3. The maximum atomic E-state index is 14.8. The minimum absolute atomic E-state index is 0.0216. The van der Waals surface area contributed by atoms with Gasteiger partial charge in [0.05, 0.1) is 25.5 Å². The second-order valence-electron chi connectivity index (χ2n) is 7.50. The summed E-state index contributed by atoms with van der Waals surface area (Å²) in [5.41, 5.74) is 4.35. The van der Waals surface area contributed by atoms with Crippen molar-refractivity contribution >= 4 is 11.7 Å². The number of carbonyl (C=O) groups excluding carboxylic acids is 1. The van der Waals surface area contributed by atoms with E-state index in [9.17, 15) is 9.18 Å². The number of benzene rings is 2. The van der Waals surface area contributed by atoms with E-state index in [1.807, 2.05) is 24.3 Å². The lowest BCUT2D eigenvalue weighted by Gasteiger charge is -2.31. The SMILES string of the molecule is CCOC(=O)/C=C(\C)N1N=C2c3ccc(OC)cc3CC[C@@H]2[C@@H]1c1ccccc1F. The number of nitrogens with zero attached hydrogens (tertiary/aromatic N) is 2. The third kappa shape index (κ3) is 3.58. The van der Waals surface area contributed by atoms with Crippen LogP contribution in [0.15, 0.2) is 59.3 Å². The fourth-order valence-corrected chi connectivity index (χ4v) is 4.37. The number of carbonyl (C=O) groups is 1. The first-order chi connectivity index (χ1) is 14.5. The van der Waals surface area contributed by atoms with Crippen molar-refractivity contribution in [2.75, 3.05) is 13.7 Å². The van der Waals surface area contributed by atoms with Crippen molar-refractivity contribution in [1.29, 1.82) is 0 Å². The summed E-state index contributed by atoms with van der Waals surface area (Å²) >= 11 is 0. The number of aryl methyl sites for hydroxylation is 1. The van der Waals surface area contributed by atoms with Gasteiger partial charge in [-0.2, -0.15) is 5.10 Å². The van der Waals surface area contributed by atoms with Crippen molar-refractivity contribution in [3.8, 4) is 5.75 Å². The number of ether oxygens (including phenoxy) is 2. The highest BCUT2D eigenvalue weighted by Crippen LogP contribution is 2.45. The molecule has 156 valence electrons. The van der Waals surface area contributed by atoms with E-state index in [0.717, 1.165) is 29.9 Å². The highest BCUT2D eigenvalue weighted by atomic mass is 19.1. The fourth-order valence-electron chi connectivity index (χ4n) is 4.37. The molecule has 5 nitrogen and oxygen atoms in total. The van der Waals surface area contributed by atoms with Crippen LogP contribution in [0.2, 0.25) is 0 Å². The lowest BCUT2D eigenvalue weighted by Crippen LogP contribution is -2.29. The van der Waals surface area contributed by atoms with E-state index in [-0.39, 0.29) is 17.8 Å². The van der Waals surface area contributed by atoms with Gasteiger partial charge in [-0.25, -0.2) is 9.18 Å². The smallest absolute Gasteiger partial charge is 0.332 e. The van der Waals surface area contributed by atoms with Gasteiger partial charge in [-0.3, -0.25) is 5.01 Å². The molecule has 0 fully saturated rings. The van der Waals surface area contributed by atoms with Crippen LogP contribution in [0.3, 0.4) is 0 Å². The molecule has 0 amide bonds. The summed E-state index contributed by atoms with van der Waals surface area (Å²) in [6.45, 7) is 3.87. The van der Waals surface area contributed by atoms with Gasteiger partial charge >= 0.3 is 5.97 Å². The van der Waals surface area contributed by atoms with Crippen LogP contribution in [-0.2, 0) is 16.0 Å². The van der Waals surface area contributed by atoms with Gasteiger partial charge in [0.25, 0.3) is 0 Å². The van der Waals surface area contributed by atoms with Gasteiger partial charge in [-0.1, -0.05) is 18.2 Å². The fraction of sp³-hybridized carbons (Fsp3) is 0.333. The first kappa shape index (κ1) is 20.1. The Labute approximate surface area is 175 Å². The van der Waals surface area contributed by atoms with Gasteiger partial charge in [0, 0.05) is 28.8 Å². The molecule has 30 heavy (non-hydrogen) atoms. The zero-order valence-corrected chi connectivity index (χ0v) is 17.4. The summed E-state index contributed by atoms with van der Waals surface area (Å²) < 4.78 is 25.2. The molecule has 2 aliphatic rings. The molecule has 0 radical (unpaired) electrons. The van der Waals surface area contributed by atoms with E-state index in [2.05, 4.69) is 0 Å². The molecule has 2 aromatic carbocycles. The zero-order valence-electron chi connectivity index (χ0n) is 17.4. The topological polar surface area (TPSA) is 51.1 Å². The van der Waals surface area contributed by atoms with Crippen molar-refractivity contribution in [2.45, 2.75) is 32.7 Å². The molecule has 0 saturated carbocycles. The number of allylic oxidation sites excluding steroid dienone is 1. The highest BCUT2D eigenvalue weighted by molar-refractivity contribution is 6.06. The van der Waals surface area contributed by atoms with E-state index < -0.39 is 5.97 Å². The molecule has 2 aromatic rings. The van der Waals surface area contributed by atoms with Gasteiger partial charge in [-0.05, 0) is 56.5 Å². The van der Waals surface area contributed by atoms with Gasteiger partial charge in [0.2, 0.25) is 0 Å². The van der Waals surface area contributed by atoms with Crippen LogP contribution < -0.4 is 4.74 Å². The van der Waals surface area contributed by atoms with Crippen LogP contribution in [0.25, 0.3) is 0 Å². The molecule has 0 bridgehead atoms. The predicted molar refractivity (Wildman–Crippen MR) is 113 cm³/mol. The number of fused-ring (bicyclic) bond motifs is 3. The van der Waals surface area contributed by atoms with Crippen LogP contribution in [-0.4, -0.2) is 30.4 Å². The average Bonchev–Trinajstić information content (AvgIpc) is 3.13. The molecule has 0 spiro atoms. The molecule has 2 atom stereocenters. The maximum absolute atomic E-state index is 14.8. The van der Waals surface area contributed by atoms with Crippen LogP contribution in [0.1, 0.15) is 43.0 Å². The van der Waals surface area contributed by atoms with Gasteiger partial charge in [0.15, 0.2) is 0 Å². The Morgan fingerprint density at radius 2 is 2.10 bits per heavy atom. The number of esters is 1. The third-order valence-electron chi connectivity index (χ3n) is 5.72. The zero-order chi connectivity index (χ0) is 21.3. The molecule has 1 aliphatic heterocycles. The van der Waals surface area contributed by atoms with Crippen molar-refractivity contribution in [2.24, 2.45) is 11.0 Å². The van der Waals surface area contributed by atoms with E-state index in [1.165, 1.54) is 17.7 Å². The number of hydrogen-bond acceptors (Lipinski definition) is 5. The summed E-state index contributed by atoms with van der Waals surface area (Å²) in [5, 5.41) is 6.66. The predicted octanol–water partition coefficient (Wildman–Crippen LogP) is 4.62. The summed E-state index contributed by atoms with van der Waals surface area (Å²) in [5.74, 6) is 0.135. The number of rotatable bonds is 5. The molecule has 0 aromatic heterocycles. The van der Waals surface area contributed by atoms with Crippen LogP contribution >= 0.6 is 0 Å². The third-order valence-corrected chi connectivity index (χ3v) is 5.72. The molecule has 1 heterocycles. The Hall–Kier alpha value is -3.15. The van der Waals surface area contributed by atoms with Crippen LogP contribution in [0, 0.1) is 11.7 Å². The second-order valence-corrected chi connectivity index (χ2v) is 7.50. The number of halogens is 1. The molecule has 0 unspecified atom stereocenters. The minimum Gasteiger partial charge on any atom is -0.497 e. The molecule has 0 N–H and O–H groups in total. The van der Waals surface area contributed by atoms with Crippen molar-refractivity contribution in [1.82, 2.24) is 5.01 Å². The van der Waals surface area contributed by atoms with Crippen LogP contribution in [0.5, 0.6) is 5.75 Å². The Kier molecular flexibility index (Phi) is 5.57. The molecule has 4 rings (SSSR count). The minimum atomic E-state index is -0.428. The average molecular weight is 408 g/mol. The van der Waals surface area contributed by atoms with Crippen molar-refractivity contribution in [3.63, 3.8) is 0 Å². The van der Waals surface area contributed by atoms with Crippen LogP contribution in [0.4, 0.5) is 4.39 Å². The lowest BCUT2D eigenvalue weighted by molar-refractivity contribution is -0.137. The molecule has 6 heteroatoms. The first-order valence-electron chi connectivity index (χ1n) is 10.2. The Balaban J connectivity index is 1.80. The van der Waals surface area contributed by atoms with E-state index in [1.54, 1.807) is 38.1 Å². The molecule has 0 saturated heterocycles. The van der Waals surface area contributed by atoms with Gasteiger partial charge in [-0.15, -0.1) is 0 Å². The van der Waals surface area contributed by atoms with E-state index >= 15 is 0 Å². The summed E-state index contributed by atoms with van der Waals surface area (Å²) in [6, 6.07) is 12.4. The standard InChI is InChI=1S/C24H25FN2O3/c1-4-30-22(28)13-15(2)27-24(19-7-5-6-8-21(19)25)20-11-9-16-14-17(29-3)10-12-18(16)23(20)26-27/h5-8,10,12-14,20,24H,4,9,11H2,1-3H3/b15-13+/t20-,24-/m0/s1. The summed E-state index contributed by atoms with van der Waals surface area (Å²) in [7, 11) is 1.65.